The Morgan fingerprint density at radius 3 is 2.61 bits per heavy atom. The predicted octanol–water partition coefficient (Wildman–Crippen LogP) is 6.04. The number of carbonyl (C=O) groups excluding carboxylic acids is 1. The van der Waals surface area contributed by atoms with Gasteiger partial charge in [-0.15, -0.1) is 0 Å². The third-order valence-electron chi connectivity index (χ3n) is 5.34. The van der Waals surface area contributed by atoms with Crippen LogP contribution in [-0.2, 0) is 11.2 Å². The van der Waals surface area contributed by atoms with Gasteiger partial charge in [-0.05, 0) is 74.1 Å². The number of nitrogens with one attached hydrogen (secondary N) is 2. The lowest BCUT2D eigenvalue weighted by molar-refractivity contribution is -0.109. The summed E-state index contributed by atoms with van der Waals surface area (Å²) in [6.45, 7) is 4.41. The number of allylic oxidation sites excluding steroid dienone is 1. The summed E-state index contributed by atoms with van der Waals surface area (Å²) in [5.74, 6) is -0.467. The van der Waals surface area contributed by atoms with E-state index in [-0.39, 0.29) is 5.84 Å². The molecule has 33 heavy (non-hydrogen) atoms. The van der Waals surface area contributed by atoms with E-state index in [4.69, 9.17) is 10.1 Å². The van der Waals surface area contributed by atoms with Crippen molar-refractivity contribution >= 4 is 17.9 Å². The summed E-state index contributed by atoms with van der Waals surface area (Å²) in [5, 5.41) is 11.3. The topological polar surface area (TPSA) is 65.4 Å². The van der Waals surface area contributed by atoms with E-state index >= 15 is 4.39 Å². The molecule has 0 aromatic heterocycles. The van der Waals surface area contributed by atoms with Crippen molar-refractivity contribution in [2.45, 2.75) is 52.4 Å². The van der Waals surface area contributed by atoms with Crippen LogP contribution in [0.1, 0.15) is 55.7 Å². The fourth-order valence-corrected chi connectivity index (χ4v) is 3.58. The molecule has 0 aliphatic heterocycles. The first kappa shape index (κ1) is 26.0. The van der Waals surface area contributed by atoms with Gasteiger partial charge in [-0.3, -0.25) is 15.1 Å². The molecule has 0 saturated heterocycles. The summed E-state index contributed by atoms with van der Waals surface area (Å²) < 4.78 is 35.2. The van der Waals surface area contributed by atoms with Gasteiger partial charge in [-0.1, -0.05) is 31.9 Å². The molecule has 0 atom stereocenters. The average Bonchev–Trinajstić information content (AvgIpc) is 2.80. The summed E-state index contributed by atoms with van der Waals surface area (Å²) >= 11 is 0. The molecule has 0 fully saturated rings. The number of amidine groups is 1. The zero-order valence-corrected chi connectivity index (χ0v) is 19.6. The van der Waals surface area contributed by atoms with Gasteiger partial charge in [0.2, 0.25) is 6.41 Å². The lowest BCUT2D eigenvalue weighted by Gasteiger charge is -2.25. The van der Waals surface area contributed by atoms with Crippen molar-refractivity contribution in [2.24, 2.45) is 0 Å². The molecule has 2 rings (SSSR count). The Kier molecular flexibility index (Phi) is 10.5. The first-order valence-electron chi connectivity index (χ1n) is 11.3. The fourth-order valence-electron chi connectivity index (χ4n) is 3.58. The van der Waals surface area contributed by atoms with Crippen LogP contribution >= 0.6 is 0 Å². The van der Waals surface area contributed by atoms with E-state index in [0.717, 1.165) is 31.2 Å². The van der Waals surface area contributed by atoms with Crippen LogP contribution in [0.25, 0.3) is 0 Å². The van der Waals surface area contributed by atoms with Gasteiger partial charge in [0.05, 0.1) is 12.8 Å². The molecule has 0 unspecified atom stereocenters. The van der Waals surface area contributed by atoms with E-state index in [0.29, 0.717) is 48.4 Å². The molecule has 2 N–H and O–H groups in total. The summed E-state index contributed by atoms with van der Waals surface area (Å²) in [5.41, 5.74) is 2.14. The second-order valence-corrected chi connectivity index (χ2v) is 7.84. The molecule has 0 aliphatic rings. The normalized spacial score (nSPS) is 11.2. The first-order valence-corrected chi connectivity index (χ1v) is 11.3. The van der Waals surface area contributed by atoms with Gasteiger partial charge in [0.25, 0.3) is 0 Å². The number of aryl methyl sites for hydroxylation is 2. The van der Waals surface area contributed by atoms with E-state index in [9.17, 15) is 9.18 Å². The van der Waals surface area contributed by atoms with Gasteiger partial charge >= 0.3 is 0 Å². The molecular weight excluding hydrogens is 424 g/mol. The van der Waals surface area contributed by atoms with Crippen LogP contribution in [0, 0.1) is 18.2 Å². The summed E-state index contributed by atoms with van der Waals surface area (Å²) in [7, 11) is 1.56. The number of hydrogen-bond donors (Lipinski definition) is 2. The molecule has 2 aromatic rings. The van der Waals surface area contributed by atoms with Crippen LogP contribution in [0.4, 0.5) is 14.5 Å². The number of ether oxygens (including phenoxy) is 1. The minimum Gasteiger partial charge on any atom is -0.496 e. The second kappa shape index (κ2) is 13.4. The highest BCUT2D eigenvalue weighted by Crippen LogP contribution is 2.29. The molecule has 5 nitrogen and oxygen atoms in total. The van der Waals surface area contributed by atoms with Gasteiger partial charge in [-0.2, -0.15) is 4.39 Å². The SMILES string of the molecule is CCCc1ccc(C(=N)N(/C(F)=C/CCCCCNC=O)c2ccc(OC)c(C)c2)cc1F. The quantitative estimate of drug-likeness (QED) is 0.127. The number of halogens is 2. The van der Waals surface area contributed by atoms with Crippen molar-refractivity contribution in [3.8, 4) is 5.75 Å². The van der Waals surface area contributed by atoms with Crippen LogP contribution in [0.5, 0.6) is 5.75 Å². The number of nitrogens with zero attached hydrogens (tertiary/aromatic N) is 1. The third-order valence-corrected chi connectivity index (χ3v) is 5.34. The minimum absolute atomic E-state index is 0.148. The van der Waals surface area contributed by atoms with Crippen molar-refractivity contribution in [1.82, 2.24) is 5.32 Å². The third kappa shape index (κ3) is 7.41. The zero-order chi connectivity index (χ0) is 24.2. The van der Waals surface area contributed by atoms with Crippen LogP contribution < -0.4 is 15.0 Å². The number of carbonyl (C=O) groups is 1. The Morgan fingerprint density at radius 2 is 1.97 bits per heavy atom. The van der Waals surface area contributed by atoms with Crippen molar-refractivity contribution in [2.75, 3.05) is 18.6 Å². The van der Waals surface area contributed by atoms with Crippen molar-refractivity contribution in [3.63, 3.8) is 0 Å². The zero-order valence-electron chi connectivity index (χ0n) is 19.6. The van der Waals surface area contributed by atoms with Gasteiger partial charge in [0.15, 0.2) is 5.95 Å². The molecular formula is C26H33F2N3O2. The van der Waals surface area contributed by atoms with Gasteiger partial charge < -0.3 is 10.1 Å². The Bertz CT molecular complexity index is 976. The van der Waals surface area contributed by atoms with E-state index in [1.165, 1.54) is 17.0 Å². The molecule has 178 valence electrons. The van der Waals surface area contributed by atoms with Crippen molar-refractivity contribution < 1.29 is 18.3 Å². The van der Waals surface area contributed by atoms with Gasteiger partial charge in [-0.25, -0.2) is 4.39 Å². The first-order chi connectivity index (χ1) is 15.9. The maximum Gasteiger partial charge on any atom is 0.207 e. The Morgan fingerprint density at radius 1 is 1.18 bits per heavy atom. The number of benzene rings is 2. The van der Waals surface area contributed by atoms with E-state index < -0.39 is 11.8 Å². The highest BCUT2D eigenvalue weighted by atomic mass is 19.1. The largest absolute Gasteiger partial charge is 0.496 e. The van der Waals surface area contributed by atoms with Crippen LogP contribution in [0.3, 0.4) is 0 Å². The number of methoxy groups -OCH3 is 1. The fraction of sp³-hybridized carbons (Fsp3) is 0.385. The van der Waals surface area contributed by atoms with E-state index in [2.05, 4.69) is 5.32 Å². The van der Waals surface area contributed by atoms with Crippen LogP contribution in [-0.4, -0.2) is 25.9 Å². The summed E-state index contributed by atoms with van der Waals surface area (Å²) in [6.07, 6.45) is 6.42. The number of amides is 1. The Hall–Kier alpha value is -3.22. The highest BCUT2D eigenvalue weighted by molar-refractivity contribution is 6.09. The summed E-state index contributed by atoms with van der Waals surface area (Å²) in [4.78, 5) is 11.5. The Balaban J connectivity index is 2.29. The summed E-state index contributed by atoms with van der Waals surface area (Å²) in [6, 6.07) is 9.77. The monoisotopic (exact) mass is 457 g/mol. The smallest absolute Gasteiger partial charge is 0.207 e. The lowest BCUT2D eigenvalue weighted by atomic mass is 10.1. The van der Waals surface area contributed by atoms with Crippen LogP contribution in [0.2, 0.25) is 0 Å². The average molecular weight is 458 g/mol. The molecule has 0 saturated carbocycles. The van der Waals surface area contributed by atoms with Gasteiger partial charge in [0.1, 0.15) is 17.4 Å². The van der Waals surface area contributed by atoms with Crippen molar-refractivity contribution in [1.29, 1.82) is 5.41 Å². The maximum absolute atomic E-state index is 15.4. The lowest BCUT2D eigenvalue weighted by Crippen LogP contribution is -2.29. The van der Waals surface area contributed by atoms with E-state index in [1.807, 2.05) is 13.8 Å². The van der Waals surface area contributed by atoms with Crippen molar-refractivity contribution in [3.05, 3.63) is 70.9 Å². The molecule has 0 radical (unpaired) electrons. The number of hydrogen-bond acceptors (Lipinski definition) is 3. The molecule has 0 aliphatic carbocycles. The number of anilines is 1. The molecule has 0 bridgehead atoms. The van der Waals surface area contributed by atoms with Gasteiger partial charge in [0, 0.05) is 12.1 Å². The highest BCUT2D eigenvalue weighted by Gasteiger charge is 2.21. The van der Waals surface area contributed by atoms with Crippen LogP contribution in [0.15, 0.2) is 48.4 Å². The molecule has 1 amide bonds. The predicted molar refractivity (Wildman–Crippen MR) is 129 cm³/mol. The number of rotatable bonds is 13. The van der Waals surface area contributed by atoms with E-state index in [1.54, 1.807) is 37.4 Å². The second-order valence-electron chi connectivity index (χ2n) is 7.84. The number of unbranched alkanes of at least 4 members (excludes halogenated alkanes) is 3. The minimum atomic E-state index is -0.589. The standard InChI is InChI=1S/C26H33F2N3O2/c1-4-9-20-11-12-21(17-23(20)27)26(29)31(22-13-14-24(33-3)19(2)16-22)25(28)10-7-5-6-8-15-30-18-32/h10-14,16-18,29H,4-9,15H2,1-3H3,(H,30,32)/b25-10+,29-26?. The molecule has 7 heteroatoms. The maximum atomic E-state index is 15.4. The molecule has 2 aromatic carbocycles. The molecule has 0 heterocycles. The molecule has 0 spiro atoms. The Labute approximate surface area is 195 Å².